The maximum atomic E-state index is 13.5. The molecule has 2 aliphatic heterocycles. The highest BCUT2D eigenvalue weighted by molar-refractivity contribution is 7.17. The van der Waals surface area contributed by atoms with Gasteiger partial charge in [0.05, 0.1) is 30.6 Å². The van der Waals surface area contributed by atoms with Crippen molar-refractivity contribution in [2.75, 3.05) is 19.8 Å². The number of nitrogens with zero attached hydrogens (tertiary/aromatic N) is 3. The van der Waals surface area contributed by atoms with Crippen molar-refractivity contribution in [2.24, 2.45) is 0 Å². The number of carbonyl (C=O) groups is 1. The van der Waals surface area contributed by atoms with E-state index in [1.54, 1.807) is 6.20 Å². The second-order valence-corrected chi connectivity index (χ2v) is 8.56. The molecule has 0 bridgehead atoms. The van der Waals surface area contributed by atoms with Gasteiger partial charge in [-0.05, 0) is 49.6 Å². The minimum Gasteiger partial charge on any atom is -0.490 e. The number of aryl methyl sites for hydroxylation is 1. The van der Waals surface area contributed by atoms with E-state index >= 15 is 0 Å². The molecule has 154 valence electrons. The summed E-state index contributed by atoms with van der Waals surface area (Å²) in [4.78, 5) is 25.1. The summed E-state index contributed by atoms with van der Waals surface area (Å²) < 4.78 is 11.6. The van der Waals surface area contributed by atoms with Crippen LogP contribution < -0.4 is 9.47 Å². The fourth-order valence-electron chi connectivity index (χ4n) is 4.07. The van der Waals surface area contributed by atoms with Crippen molar-refractivity contribution >= 4 is 17.2 Å². The third kappa shape index (κ3) is 3.54. The van der Waals surface area contributed by atoms with Crippen molar-refractivity contribution in [3.8, 4) is 22.2 Å². The van der Waals surface area contributed by atoms with Crippen LogP contribution in [0.5, 0.6) is 11.5 Å². The summed E-state index contributed by atoms with van der Waals surface area (Å²) in [6, 6.07) is 11.8. The van der Waals surface area contributed by atoms with Crippen LogP contribution in [0.15, 0.2) is 42.6 Å². The topological polar surface area (TPSA) is 64.6 Å². The molecular weight excluding hydrogens is 398 g/mol. The first-order valence-electron chi connectivity index (χ1n) is 10.3. The molecule has 2 aromatic heterocycles. The summed E-state index contributed by atoms with van der Waals surface area (Å²) in [7, 11) is 0. The number of amides is 1. The molecular formula is C23H23N3O3S. The summed E-state index contributed by atoms with van der Waals surface area (Å²) in [5, 5.41) is 0.780. The molecule has 3 aromatic rings. The Bertz CT molecular complexity index is 1070. The fraction of sp³-hybridized carbons (Fsp3) is 0.348. The molecule has 0 unspecified atom stereocenters. The largest absolute Gasteiger partial charge is 0.490 e. The third-order valence-corrected chi connectivity index (χ3v) is 6.71. The predicted molar refractivity (Wildman–Crippen MR) is 115 cm³/mol. The Labute approximate surface area is 179 Å². The van der Waals surface area contributed by atoms with Gasteiger partial charge in [-0.2, -0.15) is 0 Å². The van der Waals surface area contributed by atoms with E-state index in [-0.39, 0.29) is 11.9 Å². The lowest BCUT2D eigenvalue weighted by Gasteiger charge is -2.25. The van der Waals surface area contributed by atoms with Crippen LogP contribution in [0.4, 0.5) is 0 Å². The molecule has 5 rings (SSSR count). The maximum Gasteiger partial charge on any atom is 0.266 e. The van der Waals surface area contributed by atoms with E-state index in [0.717, 1.165) is 59.3 Å². The predicted octanol–water partition coefficient (Wildman–Crippen LogP) is 4.65. The maximum absolute atomic E-state index is 13.5. The zero-order valence-electron chi connectivity index (χ0n) is 16.8. The van der Waals surface area contributed by atoms with Gasteiger partial charge in [0.2, 0.25) is 0 Å². The van der Waals surface area contributed by atoms with Gasteiger partial charge >= 0.3 is 0 Å². The lowest BCUT2D eigenvalue weighted by atomic mass is 10.0. The number of benzene rings is 1. The Kier molecular flexibility index (Phi) is 5.12. The normalized spacial score (nSPS) is 18.3. The van der Waals surface area contributed by atoms with E-state index in [9.17, 15) is 4.79 Å². The molecule has 2 aliphatic rings. The molecule has 1 amide bonds. The van der Waals surface area contributed by atoms with Crippen LogP contribution in [-0.2, 0) is 0 Å². The van der Waals surface area contributed by atoms with Crippen LogP contribution in [0.3, 0.4) is 0 Å². The number of rotatable bonds is 3. The van der Waals surface area contributed by atoms with Crippen molar-refractivity contribution in [2.45, 2.75) is 32.2 Å². The highest BCUT2D eigenvalue weighted by atomic mass is 32.1. The zero-order chi connectivity index (χ0) is 20.5. The monoisotopic (exact) mass is 421 g/mol. The number of fused-ring (bicyclic) bond motifs is 1. The van der Waals surface area contributed by atoms with Gasteiger partial charge < -0.3 is 14.4 Å². The van der Waals surface area contributed by atoms with Gasteiger partial charge in [0.25, 0.3) is 5.91 Å². The molecule has 1 aromatic carbocycles. The molecule has 0 spiro atoms. The van der Waals surface area contributed by atoms with Gasteiger partial charge in [0, 0.05) is 19.2 Å². The van der Waals surface area contributed by atoms with Crippen molar-refractivity contribution in [3.05, 3.63) is 58.7 Å². The quantitative estimate of drug-likeness (QED) is 0.616. The van der Waals surface area contributed by atoms with E-state index in [2.05, 4.69) is 16.0 Å². The Morgan fingerprint density at radius 3 is 2.83 bits per heavy atom. The van der Waals surface area contributed by atoms with Gasteiger partial charge in [-0.15, -0.1) is 11.3 Å². The Balaban J connectivity index is 1.42. The molecule has 0 saturated carbocycles. The Morgan fingerprint density at radius 2 is 2.00 bits per heavy atom. The van der Waals surface area contributed by atoms with E-state index in [0.29, 0.717) is 18.1 Å². The molecule has 1 saturated heterocycles. The lowest BCUT2D eigenvalue weighted by molar-refractivity contribution is 0.0739. The molecule has 1 atom stereocenters. The van der Waals surface area contributed by atoms with E-state index < -0.39 is 0 Å². The smallest absolute Gasteiger partial charge is 0.266 e. The van der Waals surface area contributed by atoms with E-state index in [1.807, 2.05) is 42.2 Å². The summed E-state index contributed by atoms with van der Waals surface area (Å²) in [5.74, 6) is 1.60. The summed E-state index contributed by atoms with van der Waals surface area (Å²) in [6.45, 7) is 3.97. The first kappa shape index (κ1) is 19.1. The highest BCUT2D eigenvalue weighted by Crippen LogP contribution is 2.39. The number of ether oxygens (including phenoxy) is 2. The van der Waals surface area contributed by atoms with Crippen molar-refractivity contribution in [1.82, 2.24) is 14.9 Å². The molecule has 4 heterocycles. The number of likely N-dealkylation sites (tertiary alicyclic amines) is 1. The molecule has 30 heavy (non-hydrogen) atoms. The second kappa shape index (κ2) is 8.07. The van der Waals surface area contributed by atoms with Crippen LogP contribution in [0.2, 0.25) is 0 Å². The van der Waals surface area contributed by atoms with Crippen LogP contribution in [0.1, 0.15) is 46.2 Å². The minimum atomic E-state index is 0.0365. The van der Waals surface area contributed by atoms with Gasteiger partial charge in [-0.1, -0.05) is 12.1 Å². The zero-order valence-corrected chi connectivity index (χ0v) is 17.7. The summed E-state index contributed by atoms with van der Waals surface area (Å²) in [5.41, 5.74) is 2.65. The van der Waals surface area contributed by atoms with Crippen molar-refractivity contribution in [3.63, 3.8) is 0 Å². The number of thiazole rings is 1. The number of pyridine rings is 1. The number of carbonyl (C=O) groups excluding carboxylic acids is 1. The molecule has 0 radical (unpaired) electrons. The van der Waals surface area contributed by atoms with Gasteiger partial charge in [0.1, 0.15) is 9.88 Å². The second-order valence-electron chi connectivity index (χ2n) is 7.56. The number of hydrogen-bond donors (Lipinski definition) is 0. The molecule has 0 N–H and O–H groups in total. The average Bonchev–Trinajstić information content (AvgIpc) is 3.34. The SMILES string of the molecule is Cc1nc(-c2ccccn2)sc1C(=O)N1CCC[C@H]1c1ccc2c(c1)OCCCO2. The molecule has 6 nitrogen and oxygen atoms in total. The third-order valence-electron chi connectivity index (χ3n) is 5.54. The van der Waals surface area contributed by atoms with Gasteiger partial charge in [0.15, 0.2) is 11.5 Å². The Hall–Kier alpha value is -2.93. The van der Waals surface area contributed by atoms with Gasteiger partial charge in [-0.3, -0.25) is 9.78 Å². The van der Waals surface area contributed by atoms with Gasteiger partial charge in [-0.25, -0.2) is 4.98 Å². The van der Waals surface area contributed by atoms with Crippen molar-refractivity contribution < 1.29 is 14.3 Å². The minimum absolute atomic E-state index is 0.0365. The highest BCUT2D eigenvalue weighted by Gasteiger charge is 2.33. The standard InChI is InChI=1S/C23H23N3O3S/c1-15-21(30-22(25-15)17-6-2-3-10-24-17)23(27)26-11-4-7-18(26)16-8-9-19-20(14-16)29-13-5-12-28-19/h2-3,6,8-10,14,18H,4-5,7,11-13H2,1H3/t18-/m0/s1. The van der Waals surface area contributed by atoms with Crippen LogP contribution in [0, 0.1) is 6.92 Å². The molecule has 1 fully saturated rings. The summed E-state index contributed by atoms with van der Waals surface area (Å²) in [6.07, 6.45) is 4.54. The average molecular weight is 422 g/mol. The van der Waals surface area contributed by atoms with Crippen LogP contribution in [-0.4, -0.2) is 40.5 Å². The Morgan fingerprint density at radius 1 is 1.13 bits per heavy atom. The number of aromatic nitrogens is 2. The first-order chi connectivity index (χ1) is 14.7. The van der Waals surface area contributed by atoms with Crippen LogP contribution in [0.25, 0.3) is 10.7 Å². The molecule has 0 aliphatic carbocycles. The first-order valence-corrected chi connectivity index (χ1v) is 11.1. The lowest BCUT2D eigenvalue weighted by Crippen LogP contribution is -2.30. The number of hydrogen-bond acceptors (Lipinski definition) is 6. The fourth-order valence-corrected chi connectivity index (χ4v) is 5.07. The summed E-state index contributed by atoms with van der Waals surface area (Å²) >= 11 is 1.42. The molecule has 7 heteroatoms. The van der Waals surface area contributed by atoms with E-state index in [1.165, 1.54) is 11.3 Å². The van der Waals surface area contributed by atoms with E-state index in [4.69, 9.17) is 9.47 Å². The van der Waals surface area contributed by atoms with Crippen LogP contribution >= 0.6 is 11.3 Å². The van der Waals surface area contributed by atoms with Crippen molar-refractivity contribution in [1.29, 1.82) is 0 Å².